The lowest BCUT2D eigenvalue weighted by molar-refractivity contribution is 0.111. The summed E-state index contributed by atoms with van der Waals surface area (Å²) in [4.78, 5) is 24.4. The van der Waals surface area contributed by atoms with Crippen molar-refractivity contribution in [1.29, 1.82) is 0 Å². The Morgan fingerprint density at radius 2 is 2.04 bits per heavy atom. The van der Waals surface area contributed by atoms with E-state index in [4.69, 9.17) is 18.6 Å². The van der Waals surface area contributed by atoms with Crippen molar-refractivity contribution in [2.75, 3.05) is 13.9 Å². The average molecular weight is 368 g/mol. The molecule has 27 heavy (non-hydrogen) atoms. The summed E-state index contributed by atoms with van der Waals surface area (Å²) < 4.78 is 21.4. The molecule has 4 rings (SSSR count). The van der Waals surface area contributed by atoms with Gasteiger partial charge in [-0.05, 0) is 24.6 Å². The molecular weight excluding hydrogens is 352 g/mol. The van der Waals surface area contributed by atoms with Crippen molar-refractivity contribution < 1.29 is 28.5 Å². The highest BCUT2D eigenvalue weighted by atomic mass is 16.7. The maximum atomic E-state index is 13.0. The zero-order valence-electron chi connectivity index (χ0n) is 14.7. The smallest absolute Gasteiger partial charge is 0.231 e. The molecule has 0 radical (unpaired) electrons. The quantitative estimate of drug-likeness (QED) is 0.707. The minimum absolute atomic E-state index is 0.0337. The molecule has 0 spiro atoms. The first-order valence-electron chi connectivity index (χ1n) is 8.22. The monoisotopic (exact) mass is 368 g/mol. The topological polar surface area (TPSA) is 95.2 Å². The lowest BCUT2D eigenvalue weighted by Crippen LogP contribution is -2.11. The molecule has 2 heterocycles. The Labute approximate surface area is 153 Å². The minimum Gasteiger partial charge on any atom is -0.506 e. The molecule has 138 valence electrons. The number of ether oxygens (including phenoxy) is 3. The van der Waals surface area contributed by atoms with Gasteiger partial charge in [-0.3, -0.25) is 9.59 Å². The lowest BCUT2D eigenvalue weighted by Gasteiger charge is -2.13. The van der Waals surface area contributed by atoms with Gasteiger partial charge in [-0.15, -0.1) is 0 Å². The third-order valence-electron chi connectivity index (χ3n) is 4.64. The minimum atomic E-state index is -0.441. The van der Waals surface area contributed by atoms with Crippen LogP contribution in [0.2, 0.25) is 0 Å². The predicted molar refractivity (Wildman–Crippen MR) is 96.2 cm³/mol. The van der Waals surface area contributed by atoms with Crippen LogP contribution in [-0.2, 0) is 6.42 Å². The third-order valence-corrected chi connectivity index (χ3v) is 4.64. The molecule has 1 aliphatic heterocycles. The van der Waals surface area contributed by atoms with Crippen LogP contribution >= 0.6 is 0 Å². The molecule has 2 aromatic carbocycles. The van der Waals surface area contributed by atoms with E-state index in [-0.39, 0.29) is 35.5 Å². The number of aryl methyl sites for hydroxylation is 1. The summed E-state index contributed by atoms with van der Waals surface area (Å²) in [7, 11) is 1.38. The molecule has 1 aromatic heterocycles. The van der Waals surface area contributed by atoms with E-state index in [9.17, 15) is 14.7 Å². The second-order valence-corrected chi connectivity index (χ2v) is 6.20. The summed E-state index contributed by atoms with van der Waals surface area (Å²) in [5, 5.41) is 10.4. The summed E-state index contributed by atoms with van der Waals surface area (Å²) in [5.74, 6) is 1.01. The van der Waals surface area contributed by atoms with E-state index in [0.717, 1.165) is 5.56 Å². The van der Waals surface area contributed by atoms with Gasteiger partial charge in [-0.1, -0.05) is 6.07 Å². The number of hydrogen-bond donors (Lipinski definition) is 1. The number of carbonyl (C=O) groups is 1. The SMILES string of the molecule is COc1c(C=O)c(O)c2c(=O)c(Cc3ccc4c(c3)OCO4)coc2c1C. The number of benzene rings is 2. The summed E-state index contributed by atoms with van der Waals surface area (Å²) >= 11 is 0. The molecule has 0 aliphatic carbocycles. The number of fused-ring (bicyclic) bond motifs is 2. The number of phenolic OH excluding ortho intramolecular Hbond substituents is 1. The van der Waals surface area contributed by atoms with Gasteiger partial charge in [0, 0.05) is 17.5 Å². The number of carbonyl (C=O) groups excluding carboxylic acids is 1. The van der Waals surface area contributed by atoms with Gasteiger partial charge in [0.1, 0.15) is 22.5 Å². The number of aromatic hydroxyl groups is 1. The highest BCUT2D eigenvalue weighted by Crippen LogP contribution is 2.38. The molecule has 7 nitrogen and oxygen atoms in total. The van der Waals surface area contributed by atoms with Gasteiger partial charge in [0.05, 0.1) is 18.9 Å². The molecule has 1 aliphatic rings. The fourth-order valence-electron chi connectivity index (χ4n) is 3.31. The van der Waals surface area contributed by atoms with Crippen LogP contribution in [0, 0.1) is 6.92 Å². The molecule has 0 amide bonds. The largest absolute Gasteiger partial charge is 0.506 e. The van der Waals surface area contributed by atoms with E-state index in [2.05, 4.69) is 0 Å². The van der Waals surface area contributed by atoms with Crippen LogP contribution in [0.4, 0.5) is 0 Å². The number of methoxy groups -OCH3 is 1. The molecule has 7 heteroatoms. The van der Waals surface area contributed by atoms with E-state index in [0.29, 0.717) is 28.9 Å². The lowest BCUT2D eigenvalue weighted by atomic mass is 10.00. The van der Waals surface area contributed by atoms with Gasteiger partial charge in [0.15, 0.2) is 23.2 Å². The van der Waals surface area contributed by atoms with Crippen molar-refractivity contribution in [1.82, 2.24) is 0 Å². The van der Waals surface area contributed by atoms with Crippen LogP contribution in [0.3, 0.4) is 0 Å². The van der Waals surface area contributed by atoms with Crippen LogP contribution in [0.15, 0.2) is 33.7 Å². The normalized spacial score (nSPS) is 12.4. The van der Waals surface area contributed by atoms with Crippen LogP contribution in [-0.4, -0.2) is 25.3 Å². The molecule has 3 aromatic rings. The molecule has 1 N–H and O–H groups in total. The molecule has 0 bridgehead atoms. The van der Waals surface area contributed by atoms with Gasteiger partial charge >= 0.3 is 0 Å². The van der Waals surface area contributed by atoms with Crippen molar-refractivity contribution in [3.05, 3.63) is 56.9 Å². The number of rotatable bonds is 4. The van der Waals surface area contributed by atoms with Crippen molar-refractivity contribution in [3.8, 4) is 23.0 Å². The average Bonchev–Trinajstić information content (AvgIpc) is 3.13. The van der Waals surface area contributed by atoms with Crippen LogP contribution in [0.25, 0.3) is 11.0 Å². The third kappa shape index (κ3) is 2.59. The maximum Gasteiger partial charge on any atom is 0.231 e. The fourth-order valence-corrected chi connectivity index (χ4v) is 3.31. The summed E-state index contributed by atoms with van der Waals surface area (Å²) in [6.45, 7) is 1.83. The fraction of sp³-hybridized carbons (Fsp3) is 0.200. The first-order valence-corrected chi connectivity index (χ1v) is 8.22. The van der Waals surface area contributed by atoms with Crippen molar-refractivity contribution in [2.45, 2.75) is 13.3 Å². The summed E-state index contributed by atoms with van der Waals surface area (Å²) in [6, 6.07) is 5.40. The predicted octanol–water partition coefficient (Wildman–Crippen LogP) is 2.95. The standard InChI is InChI=1S/C20H16O7/c1-10-19(24-2)13(7-21)18(23)16-17(22)12(8-25-20(10)16)5-11-3-4-14-15(6-11)27-9-26-14/h3-4,6-8,23H,5,9H2,1-2H3. The second kappa shape index (κ2) is 6.35. The highest BCUT2D eigenvalue weighted by Gasteiger charge is 2.23. The van der Waals surface area contributed by atoms with E-state index >= 15 is 0 Å². The Hall–Kier alpha value is -3.48. The number of phenols is 1. The van der Waals surface area contributed by atoms with Crippen molar-refractivity contribution in [2.24, 2.45) is 0 Å². The first-order chi connectivity index (χ1) is 13.0. The molecule has 0 unspecified atom stereocenters. The molecule has 0 saturated heterocycles. The van der Waals surface area contributed by atoms with Crippen molar-refractivity contribution >= 4 is 17.3 Å². The second-order valence-electron chi connectivity index (χ2n) is 6.20. The number of aldehydes is 1. The van der Waals surface area contributed by atoms with E-state index < -0.39 is 11.2 Å². The van der Waals surface area contributed by atoms with E-state index in [1.165, 1.54) is 13.4 Å². The van der Waals surface area contributed by atoms with Gasteiger partial charge in [-0.25, -0.2) is 0 Å². The zero-order chi connectivity index (χ0) is 19.1. The van der Waals surface area contributed by atoms with Gasteiger partial charge in [0.25, 0.3) is 0 Å². The van der Waals surface area contributed by atoms with Crippen molar-refractivity contribution in [3.63, 3.8) is 0 Å². The Morgan fingerprint density at radius 3 is 2.78 bits per heavy atom. The molecule has 0 fully saturated rings. The van der Waals surface area contributed by atoms with Gasteiger partial charge in [0.2, 0.25) is 6.79 Å². The van der Waals surface area contributed by atoms with E-state index in [1.54, 1.807) is 19.1 Å². The summed E-state index contributed by atoms with van der Waals surface area (Å²) in [6.07, 6.45) is 2.10. The summed E-state index contributed by atoms with van der Waals surface area (Å²) in [5.41, 5.74) is 1.35. The zero-order valence-corrected chi connectivity index (χ0v) is 14.7. The highest BCUT2D eigenvalue weighted by molar-refractivity contribution is 5.98. The first kappa shape index (κ1) is 17.0. The van der Waals surface area contributed by atoms with Crippen LogP contribution in [0.1, 0.15) is 27.0 Å². The molecular formula is C20H16O7. The van der Waals surface area contributed by atoms with Crippen LogP contribution in [0.5, 0.6) is 23.0 Å². The Bertz CT molecular complexity index is 1130. The Kier molecular flexibility index (Phi) is 3.99. The maximum absolute atomic E-state index is 13.0. The van der Waals surface area contributed by atoms with Gasteiger partial charge in [-0.2, -0.15) is 0 Å². The molecule has 0 saturated carbocycles. The Morgan fingerprint density at radius 1 is 1.26 bits per heavy atom. The van der Waals surface area contributed by atoms with Gasteiger partial charge < -0.3 is 23.7 Å². The molecule has 0 atom stereocenters. The number of hydrogen-bond acceptors (Lipinski definition) is 7. The Balaban J connectivity index is 1.86. The van der Waals surface area contributed by atoms with E-state index in [1.807, 2.05) is 6.07 Å². The van der Waals surface area contributed by atoms with Crippen LogP contribution < -0.4 is 19.6 Å².